The monoisotopic (exact) mass is 249 g/mol. The molecule has 0 unspecified atom stereocenters. The van der Waals surface area contributed by atoms with Gasteiger partial charge >= 0.3 is 0 Å². The fraction of sp³-hybridized carbons (Fsp3) is 0.308. The van der Waals surface area contributed by atoms with Crippen LogP contribution in [0.15, 0.2) is 39.6 Å². The quantitative estimate of drug-likeness (QED) is 0.828. The molecule has 0 spiro atoms. The second-order valence-electron chi connectivity index (χ2n) is 3.69. The third-order valence-electron chi connectivity index (χ3n) is 2.39. The zero-order chi connectivity index (χ0) is 12.1. The standard InChI is InChI=1S/C13H15NO2S/c1-10-12(7-8-15)14-13(16-10)9-17-11-5-3-2-4-6-11/h2-6,15H,7-9H2,1H3. The number of hydrogen-bond acceptors (Lipinski definition) is 4. The van der Waals surface area contributed by atoms with Gasteiger partial charge in [0.25, 0.3) is 0 Å². The van der Waals surface area contributed by atoms with E-state index in [9.17, 15) is 0 Å². The minimum Gasteiger partial charge on any atom is -0.445 e. The normalized spacial score (nSPS) is 10.7. The van der Waals surface area contributed by atoms with Gasteiger partial charge in [-0.3, -0.25) is 0 Å². The second kappa shape index (κ2) is 5.89. The summed E-state index contributed by atoms with van der Waals surface area (Å²) in [6.45, 7) is 1.99. The molecule has 1 aromatic heterocycles. The van der Waals surface area contributed by atoms with Crippen LogP contribution in [0.2, 0.25) is 0 Å². The van der Waals surface area contributed by atoms with Crippen LogP contribution in [0.5, 0.6) is 0 Å². The molecule has 1 aromatic carbocycles. The Hall–Kier alpha value is -1.26. The molecule has 0 aliphatic rings. The highest BCUT2D eigenvalue weighted by molar-refractivity contribution is 7.98. The Bertz CT molecular complexity index is 468. The minimum absolute atomic E-state index is 0.110. The molecule has 0 radical (unpaired) electrons. The van der Waals surface area contributed by atoms with Crippen LogP contribution >= 0.6 is 11.8 Å². The molecule has 4 heteroatoms. The van der Waals surface area contributed by atoms with Gasteiger partial charge in [0.1, 0.15) is 5.76 Å². The highest BCUT2D eigenvalue weighted by Gasteiger charge is 2.09. The Morgan fingerprint density at radius 1 is 1.29 bits per heavy atom. The lowest BCUT2D eigenvalue weighted by Gasteiger charge is -1.96. The first kappa shape index (κ1) is 12.2. The summed E-state index contributed by atoms with van der Waals surface area (Å²) in [5.74, 6) is 2.25. The molecule has 0 atom stereocenters. The van der Waals surface area contributed by atoms with E-state index >= 15 is 0 Å². The van der Waals surface area contributed by atoms with E-state index < -0.39 is 0 Å². The highest BCUT2D eigenvalue weighted by atomic mass is 32.2. The molecule has 0 fully saturated rings. The Morgan fingerprint density at radius 2 is 2.06 bits per heavy atom. The van der Waals surface area contributed by atoms with Gasteiger partial charge in [-0.2, -0.15) is 0 Å². The molecule has 3 nitrogen and oxygen atoms in total. The number of oxazole rings is 1. The van der Waals surface area contributed by atoms with Gasteiger partial charge in [0, 0.05) is 17.9 Å². The zero-order valence-corrected chi connectivity index (χ0v) is 10.5. The summed E-state index contributed by atoms with van der Waals surface area (Å²) in [5, 5.41) is 8.87. The highest BCUT2D eigenvalue weighted by Crippen LogP contribution is 2.23. The van der Waals surface area contributed by atoms with Crippen LogP contribution in [0.25, 0.3) is 0 Å². The van der Waals surface area contributed by atoms with Gasteiger partial charge in [0.2, 0.25) is 5.89 Å². The predicted molar refractivity (Wildman–Crippen MR) is 68.0 cm³/mol. The van der Waals surface area contributed by atoms with Crippen LogP contribution in [0.1, 0.15) is 17.3 Å². The summed E-state index contributed by atoms with van der Waals surface area (Å²) in [4.78, 5) is 5.57. The molecular weight excluding hydrogens is 234 g/mol. The molecular formula is C13H15NO2S. The van der Waals surface area contributed by atoms with E-state index in [0.29, 0.717) is 6.42 Å². The number of benzene rings is 1. The maximum absolute atomic E-state index is 8.87. The topological polar surface area (TPSA) is 46.3 Å². The summed E-state index contributed by atoms with van der Waals surface area (Å²) in [6, 6.07) is 10.2. The Labute approximate surface area is 105 Å². The number of aromatic nitrogens is 1. The molecule has 0 bridgehead atoms. The average molecular weight is 249 g/mol. The van der Waals surface area contributed by atoms with E-state index in [0.717, 1.165) is 23.1 Å². The van der Waals surface area contributed by atoms with E-state index in [1.807, 2.05) is 25.1 Å². The molecule has 0 saturated carbocycles. The molecule has 0 amide bonds. The van der Waals surface area contributed by atoms with Gasteiger partial charge in [0.15, 0.2) is 0 Å². The van der Waals surface area contributed by atoms with Crippen LogP contribution in [0, 0.1) is 6.92 Å². The third-order valence-corrected chi connectivity index (χ3v) is 3.39. The molecule has 2 rings (SSSR count). The first-order valence-corrected chi connectivity index (χ1v) is 6.52. The van der Waals surface area contributed by atoms with Crippen molar-refractivity contribution in [1.29, 1.82) is 0 Å². The summed E-state index contributed by atoms with van der Waals surface area (Å²) in [5.41, 5.74) is 0.858. The van der Waals surface area contributed by atoms with Crippen LogP contribution in [0.4, 0.5) is 0 Å². The number of aryl methyl sites for hydroxylation is 1. The van der Waals surface area contributed by atoms with E-state index in [-0.39, 0.29) is 6.61 Å². The Morgan fingerprint density at radius 3 is 2.76 bits per heavy atom. The smallest absolute Gasteiger partial charge is 0.204 e. The molecule has 0 aliphatic carbocycles. The SMILES string of the molecule is Cc1oc(CSc2ccccc2)nc1CCO. The van der Waals surface area contributed by atoms with Crippen molar-refractivity contribution in [3.05, 3.63) is 47.7 Å². The number of hydrogen-bond donors (Lipinski definition) is 1. The fourth-order valence-electron chi connectivity index (χ4n) is 1.55. The van der Waals surface area contributed by atoms with Gasteiger partial charge < -0.3 is 9.52 Å². The van der Waals surface area contributed by atoms with Crippen LogP contribution in [0.3, 0.4) is 0 Å². The Balaban J connectivity index is 1.97. The van der Waals surface area contributed by atoms with Crippen molar-refractivity contribution in [3.63, 3.8) is 0 Å². The first-order valence-electron chi connectivity index (χ1n) is 5.53. The molecule has 1 N–H and O–H groups in total. The van der Waals surface area contributed by atoms with Crippen molar-refractivity contribution >= 4 is 11.8 Å². The lowest BCUT2D eigenvalue weighted by molar-refractivity contribution is 0.297. The summed E-state index contributed by atoms with van der Waals surface area (Å²) >= 11 is 1.69. The van der Waals surface area contributed by atoms with Gasteiger partial charge in [-0.15, -0.1) is 11.8 Å². The number of thioether (sulfide) groups is 1. The van der Waals surface area contributed by atoms with Gasteiger partial charge in [0.05, 0.1) is 11.4 Å². The van der Waals surface area contributed by atoms with E-state index in [2.05, 4.69) is 17.1 Å². The average Bonchev–Trinajstić information content (AvgIpc) is 2.70. The summed E-state index contributed by atoms with van der Waals surface area (Å²) < 4.78 is 5.55. The van der Waals surface area contributed by atoms with Crippen LogP contribution in [-0.2, 0) is 12.2 Å². The van der Waals surface area contributed by atoms with E-state index in [1.165, 1.54) is 4.90 Å². The van der Waals surface area contributed by atoms with Gasteiger partial charge in [-0.05, 0) is 19.1 Å². The van der Waals surface area contributed by atoms with E-state index in [1.54, 1.807) is 11.8 Å². The number of aliphatic hydroxyl groups is 1. The van der Waals surface area contributed by atoms with Crippen LogP contribution < -0.4 is 0 Å². The van der Waals surface area contributed by atoms with E-state index in [4.69, 9.17) is 9.52 Å². The molecule has 0 saturated heterocycles. The van der Waals surface area contributed by atoms with Crippen molar-refractivity contribution in [2.75, 3.05) is 6.61 Å². The Kier molecular flexibility index (Phi) is 4.23. The van der Waals surface area contributed by atoms with Crippen molar-refractivity contribution in [1.82, 2.24) is 4.98 Å². The zero-order valence-electron chi connectivity index (χ0n) is 9.72. The maximum atomic E-state index is 8.87. The summed E-state index contributed by atoms with van der Waals surface area (Å²) in [6.07, 6.45) is 0.561. The predicted octanol–water partition coefficient (Wildman–Crippen LogP) is 2.81. The molecule has 17 heavy (non-hydrogen) atoms. The largest absolute Gasteiger partial charge is 0.445 e. The molecule has 0 aliphatic heterocycles. The lowest BCUT2D eigenvalue weighted by Crippen LogP contribution is -1.93. The second-order valence-corrected chi connectivity index (χ2v) is 4.73. The molecule has 1 heterocycles. The van der Waals surface area contributed by atoms with Crippen molar-refractivity contribution < 1.29 is 9.52 Å². The summed E-state index contributed by atoms with van der Waals surface area (Å²) in [7, 11) is 0. The number of nitrogens with zero attached hydrogens (tertiary/aromatic N) is 1. The number of aliphatic hydroxyl groups excluding tert-OH is 1. The fourth-order valence-corrected chi connectivity index (χ4v) is 2.31. The minimum atomic E-state index is 0.110. The first-order chi connectivity index (χ1) is 8.29. The van der Waals surface area contributed by atoms with Crippen molar-refractivity contribution in [2.45, 2.75) is 24.0 Å². The third kappa shape index (κ3) is 3.35. The van der Waals surface area contributed by atoms with Gasteiger partial charge in [-0.1, -0.05) is 18.2 Å². The molecule has 2 aromatic rings. The molecule has 90 valence electrons. The van der Waals surface area contributed by atoms with Crippen molar-refractivity contribution in [2.24, 2.45) is 0 Å². The maximum Gasteiger partial charge on any atom is 0.204 e. The van der Waals surface area contributed by atoms with Crippen LogP contribution in [-0.4, -0.2) is 16.7 Å². The lowest BCUT2D eigenvalue weighted by atomic mass is 10.3. The van der Waals surface area contributed by atoms with Gasteiger partial charge in [-0.25, -0.2) is 4.98 Å². The van der Waals surface area contributed by atoms with Crippen molar-refractivity contribution in [3.8, 4) is 0 Å². The number of rotatable bonds is 5.